The van der Waals surface area contributed by atoms with Crippen LogP contribution >= 0.6 is 0 Å². The van der Waals surface area contributed by atoms with Crippen molar-refractivity contribution in [3.8, 4) is 17.2 Å². The molecule has 0 aliphatic heterocycles. The maximum absolute atomic E-state index is 6.11. The monoisotopic (exact) mass is 278 g/mol. The molecule has 1 heterocycles. The van der Waals surface area contributed by atoms with Crippen LogP contribution < -0.4 is 19.9 Å². The van der Waals surface area contributed by atoms with Gasteiger partial charge in [-0.2, -0.15) is 0 Å². The van der Waals surface area contributed by atoms with Gasteiger partial charge in [0.1, 0.15) is 0 Å². The lowest BCUT2D eigenvalue weighted by molar-refractivity contribution is 0.182. The fourth-order valence-electron chi connectivity index (χ4n) is 2.17. The molecule has 0 fully saturated rings. The molecule has 0 amide bonds. The number of pyridine rings is 1. The van der Waals surface area contributed by atoms with Crippen LogP contribution in [0.5, 0.6) is 17.2 Å². The third-order valence-corrected chi connectivity index (χ3v) is 2.98. The van der Waals surface area contributed by atoms with Crippen molar-refractivity contribution in [3.63, 3.8) is 0 Å². The standard InChI is InChI=1S/C14H18N2O4/c1-17-7-8-5-9(15)12-10(16-8)6-11(18-2)13(19-3)14(12)20-4/h5-6H,7H2,1-4H3,(H2,15,16). The van der Waals surface area contributed by atoms with Crippen LogP contribution in [0.4, 0.5) is 5.69 Å². The normalized spacial score (nSPS) is 10.6. The predicted molar refractivity (Wildman–Crippen MR) is 76.5 cm³/mol. The van der Waals surface area contributed by atoms with Crippen molar-refractivity contribution < 1.29 is 18.9 Å². The van der Waals surface area contributed by atoms with Gasteiger partial charge in [0.15, 0.2) is 11.5 Å². The molecule has 0 aliphatic carbocycles. The Morgan fingerprint density at radius 3 is 2.25 bits per heavy atom. The van der Waals surface area contributed by atoms with E-state index in [1.54, 1.807) is 40.6 Å². The van der Waals surface area contributed by atoms with Crippen molar-refractivity contribution in [3.05, 3.63) is 17.8 Å². The Kier molecular flexibility index (Phi) is 4.14. The first-order valence-electron chi connectivity index (χ1n) is 6.03. The number of benzene rings is 1. The fourth-order valence-corrected chi connectivity index (χ4v) is 2.17. The minimum absolute atomic E-state index is 0.386. The van der Waals surface area contributed by atoms with E-state index in [4.69, 9.17) is 24.7 Å². The number of aromatic nitrogens is 1. The minimum Gasteiger partial charge on any atom is -0.493 e. The summed E-state index contributed by atoms with van der Waals surface area (Å²) in [5.74, 6) is 1.55. The molecule has 0 unspecified atom stereocenters. The quantitative estimate of drug-likeness (QED) is 0.901. The molecule has 2 aromatic rings. The Labute approximate surface area is 117 Å². The maximum Gasteiger partial charge on any atom is 0.204 e. The Bertz CT molecular complexity index is 628. The first-order chi connectivity index (χ1) is 9.65. The molecular formula is C14H18N2O4. The van der Waals surface area contributed by atoms with E-state index in [1.807, 2.05) is 0 Å². The molecular weight excluding hydrogens is 260 g/mol. The summed E-state index contributed by atoms with van der Waals surface area (Å²) in [7, 11) is 6.27. The fraction of sp³-hybridized carbons (Fsp3) is 0.357. The minimum atomic E-state index is 0.386. The average Bonchev–Trinajstić information content (AvgIpc) is 2.45. The van der Waals surface area contributed by atoms with E-state index in [0.29, 0.717) is 40.4 Å². The Hall–Kier alpha value is -2.21. The highest BCUT2D eigenvalue weighted by atomic mass is 16.5. The number of fused-ring (bicyclic) bond motifs is 1. The zero-order valence-electron chi connectivity index (χ0n) is 12.0. The molecule has 0 spiro atoms. The molecule has 2 rings (SSSR count). The van der Waals surface area contributed by atoms with Gasteiger partial charge in [-0.25, -0.2) is 4.98 Å². The van der Waals surface area contributed by atoms with Crippen molar-refractivity contribution in [1.29, 1.82) is 0 Å². The van der Waals surface area contributed by atoms with Crippen molar-refractivity contribution in [1.82, 2.24) is 4.98 Å². The second-order valence-corrected chi connectivity index (χ2v) is 4.18. The van der Waals surface area contributed by atoms with E-state index in [-0.39, 0.29) is 0 Å². The van der Waals surface area contributed by atoms with E-state index in [9.17, 15) is 0 Å². The summed E-state index contributed by atoms with van der Waals surface area (Å²) >= 11 is 0. The molecule has 0 atom stereocenters. The molecule has 0 radical (unpaired) electrons. The van der Waals surface area contributed by atoms with Gasteiger partial charge in [-0.15, -0.1) is 0 Å². The summed E-state index contributed by atoms with van der Waals surface area (Å²) in [6, 6.07) is 3.53. The molecule has 1 aromatic heterocycles. The number of ether oxygens (including phenoxy) is 4. The predicted octanol–water partition coefficient (Wildman–Crippen LogP) is 1.99. The average molecular weight is 278 g/mol. The molecule has 1 aromatic carbocycles. The SMILES string of the molecule is COCc1cc(N)c2c(OC)c(OC)c(OC)cc2n1. The number of rotatable bonds is 5. The Morgan fingerprint density at radius 2 is 1.70 bits per heavy atom. The highest BCUT2D eigenvalue weighted by Crippen LogP contribution is 2.44. The number of nitrogens with zero attached hydrogens (tertiary/aromatic N) is 1. The number of hydrogen-bond acceptors (Lipinski definition) is 6. The summed E-state index contributed by atoms with van der Waals surface area (Å²) in [5, 5.41) is 0.699. The van der Waals surface area contributed by atoms with E-state index in [2.05, 4.69) is 4.98 Å². The third kappa shape index (κ3) is 2.30. The van der Waals surface area contributed by atoms with Crippen LogP contribution in [0.3, 0.4) is 0 Å². The number of hydrogen-bond donors (Lipinski definition) is 1. The van der Waals surface area contributed by atoms with Crippen LogP contribution in [0.1, 0.15) is 5.69 Å². The van der Waals surface area contributed by atoms with Crippen molar-refractivity contribution in [2.45, 2.75) is 6.61 Å². The molecule has 108 valence electrons. The topological polar surface area (TPSA) is 75.8 Å². The van der Waals surface area contributed by atoms with Gasteiger partial charge in [-0.1, -0.05) is 0 Å². The van der Waals surface area contributed by atoms with Gasteiger partial charge in [0, 0.05) is 18.9 Å². The van der Waals surface area contributed by atoms with Gasteiger partial charge in [0.05, 0.1) is 44.5 Å². The highest BCUT2D eigenvalue weighted by Gasteiger charge is 2.19. The van der Waals surface area contributed by atoms with Crippen molar-refractivity contribution in [2.75, 3.05) is 34.2 Å². The van der Waals surface area contributed by atoms with Crippen LogP contribution in [0.25, 0.3) is 10.9 Å². The molecule has 2 N–H and O–H groups in total. The molecule has 6 nitrogen and oxygen atoms in total. The maximum atomic E-state index is 6.11. The van der Waals surface area contributed by atoms with Crippen LogP contribution in [-0.2, 0) is 11.3 Å². The first-order valence-corrected chi connectivity index (χ1v) is 6.03. The smallest absolute Gasteiger partial charge is 0.204 e. The zero-order valence-corrected chi connectivity index (χ0v) is 12.0. The molecule has 0 aliphatic rings. The van der Waals surface area contributed by atoms with Crippen molar-refractivity contribution >= 4 is 16.6 Å². The van der Waals surface area contributed by atoms with Gasteiger partial charge in [-0.3, -0.25) is 0 Å². The van der Waals surface area contributed by atoms with Gasteiger partial charge in [0.25, 0.3) is 0 Å². The second kappa shape index (κ2) is 5.83. The van der Waals surface area contributed by atoms with E-state index >= 15 is 0 Å². The van der Waals surface area contributed by atoms with Gasteiger partial charge in [0.2, 0.25) is 5.75 Å². The van der Waals surface area contributed by atoms with Crippen LogP contribution in [-0.4, -0.2) is 33.4 Å². The molecule has 20 heavy (non-hydrogen) atoms. The lowest BCUT2D eigenvalue weighted by Crippen LogP contribution is -2.01. The molecule has 0 saturated carbocycles. The second-order valence-electron chi connectivity index (χ2n) is 4.18. The Morgan fingerprint density at radius 1 is 1.00 bits per heavy atom. The number of nitrogen functional groups attached to an aromatic ring is 1. The third-order valence-electron chi connectivity index (χ3n) is 2.98. The summed E-state index contributed by atoms with van der Waals surface area (Å²) in [4.78, 5) is 4.50. The molecule has 0 saturated heterocycles. The summed E-state index contributed by atoms with van der Waals surface area (Å²) in [6.45, 7) is 0.386. The molecule has 6 heteroatoms. The zero-order chi connectivity index (χ0) is 14.7. The summed E-state index contributed by atoms with van der Waals surface area (Å²) in [6.07, 6.45) is 0. The van der Waals surface area contributed by atoms with E-state index in [1.165, 1.54) is 0 Å². The number of anilines is 1. The lowest BCUT2D eigenvalue weighted by atomic mass is 10.1. The van der Waals surface area contributed by atoms with E-state index < -0.39 is 0 Å². The van der Waals surface area contributed by atoms with Gasteiger partial charge < -0.3 is 24.7 Å². The van der Waals surface area contributed by atoms with Crippen LogP contribution in [0.15, 0.2) is 12.1 Å². The number of methoxy groups -OCH3 is 4. The Balaban J connectivity index is 2.80. The largest absolute Gasteiger partial charge is 0.493 e. The van der Waals surface area contributed by atoms with Crippen LogP contribution in [0, 0.1) is 0 Å². The highest BCUT2D eigenvalue weighted by molar-refractivity contribution is 5.99. The lowest BCUT2D eigenvalue weighted by Gasteiger charge is -2.16. The van der Waals surface area contributed by atoms with Crippen molar-refractivity contribution in [2.24, 2.45) is 0 Å². The van der Waals surface area contributed by atoms with Crippen LogP contribution in [0.2, 0.25) is 0 Å². The van der Waals surface area contributed by atoms with E-state index in [0.717, 1.165) is 5.69 Å². The summed E-state index contributed by atoms with van der Waals surface area (Å²) < 4.78 is 21.2. The number of nitrogens with two attached hydrogens (primary N) is 1. The van der Waals surface area contributed by atoms with Gasteiger partial charge in [-0.05, 0) is 6.07 Å². The first kappa shape index (κ1) is 14.2. The van der Waals surface area contributed by atoms with Gasteiger partial charge >= 0.3 is 0 Å². The summed E-state index contributed by atoms with van der Waals surface area (Å²) in [5.41, 5.74) is 8.08. The molecule has 0 bridgehead atoms.